The van der Waals surface area contributed by atoms with Gasteiger partial charge in [-0.2, -0.15) is 0 Å². The summed E-state index contributed by atoms with van der Waals surface area (Å²) in [5.41, 5.74) is 1.25. The van der Waals surface area contributed by atoms with Crippen LogP contribution in [0.15, 0.2) is 30.5 Å². The number of rotatable bonds is 6. The Bertz CT molecular complexity index is 733. The second-order valence-corrected chi connectivity index (χ2v) is 7.12. The van der Waals surface area contributed by atoms with E-state index in [0.717, 1.165) is 29.6 Å². The van der Waals surface area contributed by atoms with E-state index in [1.807, 2.05) is 35.9 Å². The van der Waals surface area contributed by atoms with Crippen LogP contribution in [-0.2, 0) is 16.1 Å². The van der Waals surface area contributed by atoms with Gasteiger partial charge in [0.2, 0.25) is 5.91 Å². The second-order valence-electron chi connectivity index (χ2n) is 7.12. The van der Waals surface area contributed by atoms with Crippen LogP contribution in [0.25, 0.3) is 10.9 Å². The summed E-state index contributed by atoms with van der Waals surface area (Å²) in [5, 5.41) is 14.6. The van der Waals surface area contributed by atoms with Crippen molar-refractivity contribution in [3.05, 3.63) is 36.0 Å². The largest absolute Gasteiger partial charge is 0.387 e. The number of carbonyl (C=O) groups is 1. The van der Waals surface area contributed by atoms with Crippen molar-refractivity contribution < 1.29 is 14.6 Å². The first-order chi connectivity index (χ1) is 11.9. The maximum absolute atomic E-state index is 12.3. The predicted octanol–water partition coefficient (Wildman–Crippen LogP) is 1.15. The number of para-hydroxylation sites is 1. The molecule has 6 nitrogen and oxygen atoms in total. The van der Waals surface area contributed by atoms with Gasteiger partial charge in [-0.1, -0.05) is 18.2 Å². The Morgan fingerprint density at radius 1 is 1.32 bits per heavy atom. The van der Waals surface area contributed by atoms with Gasteiger partial charge in [-0.05, 0) is 25.5 Å². The van der Waals surface area contributed by atoms with Crippen molar-refractivity contribution in [2.24, 2.45) is 0 Å². The summed E-state index contributed by atoms with van der Waals surface area (Å²) in [6.45, 7) is 7.86. The molecule has 1 aromatic carbocycles. The minimum absolute atomic E-state index is 0.0944. The van der Waals surface area contributed by atoms with E-state index >= 15 is 0 Å². The number of aryl methyl sites for hydroxylation is 1. The van der Waals surface area contributed by atoms with Gasteiger partial charge in [0.1, 0.15) is 6.54 Å². The Balaban J connectivity index is 1.55. The number of fused-ring (bicyclic) bond motifs is 1. The van der Waals surface area contributed by atoms with Crippen LogP contribution in [0.5, 0.6) is 0 Å². The van der Waals surface area contributed by atoms with Gasteiger partial charge in [-0.25, -0.2) is 0 Å². The highest BCUT2D eigenvalue weighted by molar-refractivity contribution is 5.85. The van der Waals surface area contributed by atoms with E-state index in [-0.39, 0.29) is 19.0 Å². The van der Waals surface area contributed by atoms with Gasteiger partial charge in [0.15, 0.2) is 0 Å². The first-order valence-electron chi connectivity index (χ1n) is 8.78. The van der Waals surface area contributed by atoms with Crippen molar-refractivity contribution in [2.75, 3.05) is 39.4 Å². The molecule has 1 aliphatic heterocycles. The molecule has 0 radical (unpaired) electrons. The molecule has 6 heteroatoms. The molecular weight excluding hydrogens is 318 g/mol. The van der Waals surface area contributed by atoms with Crippen molar-refractivity contribution in [3.63, 3.8) is 0 Å². The summed E-state index contributed by atoms with van der Waals surface area (Å²) in [5.74, 6) is -0.0944. The molecule has 2 N–H and O–H groups in total. The summed E-state index contributed by atoms with van der Waals surface area (Å²) < 4.78 is 7.28. The number of morpholine rings is 1. The van der Waals surface area contributed by atoms with Crippen molar-refractivity contribution in [1.29, 1.82) is 0 Å². The molecule has 136 valence electrons. The summed E-state index contributed by atoms with van der Waals surface area (Å²) in [4.78, 5) is 14.5. The van der Waals surface area contributed by atoms with Crippen LogP contribution in [0.3, 0.4) is 0 Å². The third-order valence-corrected chi connectivity index (χ3v) is 4.64. The smallest absolute Gasteiger partial charge is 0.240 e. The lowest BCUT2D eigenvalue weighted by molar-refractivity contribution is -0.123. The van der Waals surface area contributed by atoms with Crippen LogP contribution in [0, 0.1) is 6.92 Å². The molecule has 2 aromatic rings. The molecule has 0 bridgehead atoms. The fourth-order valence-corrected chi connectivity index (χ4v) is 3.36. The van der Waals surface area contributed by atoms with E-state index in [4.69, 9.17) is 4.74 Å². The summed E-state index contributed by atoms with van der Waals surface area (Å²) in [6, 6.07) is 8.06. The monoisotopic (exact) mass is 345 g/mol. The number of carbonyl (C=O) groups excluding carboxylic acids is 1. The Kier molecular flexibility index (Phi) is 5.42. The van der Waals surface area contributed by atoms with Crippen LogP contribution in [0.2, 0.25) is 0 Å². The Morgan fingerprint density at radius 2 is 2.04 bits per heavy atom. The van der Waals surface area contributed by atoms with Crippen LogP contribution < -0.4 is 5.32 Å². The van der Waals surface area contributed by atoms with E-state index in [1.54, 1.807) is 6.92 Å². The Labute approximate surface area is 148 Å². The molecule has 1 aromatic heterocycles. The lowest BCUT2D eigenvalue weighted by atomic mass is 10.1. The lowest BCUT2D eigenvalue weighted by Crippen LogP contribution is -2.51. The molecule has 3 rings (SSSR count). The van der Waals surface area contributed by atoms with E-state index in [0.29, 0.717) is 19.8 Å². The predicted molar refractivity (Wildman–Crippen MR) is 97.6 cm³/mol. The topological polar surface area (TPSA) is 66.7 Å². The highest BCUT2D eigenvalue weighted by atomic mass is 16.5. The quantitative estimate of drug-likeness (QED) is 0.824. The molecule has 0 spiro atoms. The van der Waals surface area contributed by atoms with Crippen molar-refractivity contribution in [3.8, 4) is 0 Å². The zero-order chi connectivity index (χ0) is 17.9. The molecule has 0 aliphatic carbocycles. The third kappa shape index (κ3) is 4.60. The molecule has 1 atom stereocenters. The second kappa shape index (κ2) is 7.56. The minimum atomic E-state index is -0.957. The summed E-state index contributed by atoms with van der Waals surface area (Å²) >= 11 is 0. The zero-order valence-corrected chi connectivity index (χ0v) is 15.0. The van der Waals surface area contributed by atoms with Gasteiger partial charge in [0.05, 0.1) is 18.8 Å². The normalized spacial score (nSPS) is 18.2. The number of ether oxygens (including phenoxy) is 1. The number of aromatic nitrogens is 1. The molecule has 2 heterocycles. The van der Waals surface area contributed by atoms with Crippen LogP contribution >= 0.6 is 0 Å². The Hall–Kier alpha value is -1.89. The summed E-state index contributed by atoms with van der Waals surface area (Å²) in [6.07, 6.45) is 2.00. The van der Waals surface area contributed by atoms with Crippen LogP contribution in [0.4, 0.5) is 0 Å². The number of hydrogen-bond donors (Lipinski definition) is 2. The third-order valence-electron chi connectivity index (χ3n) is 4.64. The number of β-amino-alcohol motifs (C(OH)–C–C–N with tert-alkyl or cyclic N) is 1. The van der Waals surface area contributed by atoms with E-state index in [1.165, 1.54) is 0 Å². The van der Waals surface area contributed by atoms with Crippen LogP contribution in [0.1, 0.15) is 12.5 Å². The standard InChI is InChI=1S/C19H27N3O3/c1-15-11-22(17-6-4-3-5-16(15)17)12-18(23)20-13-19(2,24)14-21-7-9-25-10-8-21/h3-6,11,24H,7-10,12-14H2,1-2H3,(H,20,23). The number of aliphatic hydroxyl groups is 1. The fraction of sp³-hybridized carbons (Fsp3) is 0.526. The van der Waals surface area contributed by atoms with Gasteiger partial charge in [-0.3, -0.25) is 9.69 Å². The molecule has 1 fully saturated rings. The van der Waals surface area contributed by atoms with Crippen molar-refractivity contribution in [2.45, 2.75) is 26.0 Å². The van der Waals surface area contributed by atoms with E-state index < -0.39 is 5.60 Å². The van der Waals surface area contributed by atoms with Crippen LogP contribution in [-0.4, -0.2) is 65.5 Å². The molecule has 25 heavy (non-hydrogen) atoms. The van der Waals surface area contributed by atoms with Gasteiger partial charge < -0.3 is 19.7 Å². The van der Waals surface area contributed by atoms with E-state index in [2.05, 4.69) is 16.3 Å². The first kappa shape index (κ1) is 17.9. The number of nitrogens with one attached hydrogen (secondary N) is 1. The maximum atomic E-state index is 12.3. The van der Waals surface area contributed by atoms with Crippen molar-refractivity contribution in [1.82, 2.24) is 14.8 Å². The van der Waals surface area contributed by atoms with Gasteiger partial charge in [0, 0.05) is 43.3 Å². The Morgan fingerprint density at radius 3 is 2.80 bits per heavy atom. The maximum Gasteiger partial charge on any atom is 0.240 e. The highest BCUT2D eigenvalue weighted by Crippen LogP contribution is 2.20. The molecule has 1 saturated heterocycles. The molecule has 1 aliphatic rings. The highest BCUT2D eigenvalue weighted by Gasteiger charge is 2.26. The van der Waals surface area contributed by atoms with Gasteiger partial charge in [-0.15, -0.1) is 0 Å². The van der Waals surface area contributed by atoms with Crippen molar-refractivity contribution >= 4 is 16.8 Å². The number of hydrogen-bond acceptors (Lipinski definition) is 4. The number of nitrogens with zero attached hydrogens (tertiary/aromatic N) is 2. The summed E-state index contributed by atoms with van der Waals surface area (Å²) in [7, 11) is 0. The zero-order valence-electron chi connectivity index (χ0n) is 15.0. The molecule has 1 amide bonds. The minimum Gasteiger partial charge on any atom is -0.387 e. The lowest BCUT2D eigenvalue weighted by Gasteiger charge is -2.33. The number of benzene rings is 1. The van der Waals surface area contributed by atoms with E-state index in [9.17, 15) is 9.90 Å². The SMILES string of the molecule is Cc1cn(CC(=O)NCC(C)(O)CN2CCOCC2)c2ccccc12. The van der Waals surface area contributed by atoms with Gasteiger partial charge in [0.25, 0.3) is 0 Å². The first-order valence-corrected chi connectivity index (χ1v) is 8.78. The molecule has 1 unspecified atom stereocenters. The molecular formula is C19H27N3O3. The average molecular weight is 345 g/mol. The van der Waals surface area contributed by atoms with Gasteiger partial charge >= 0.3 is 0 Å². The number of amides is 1. The molecule has 0 saturated carbocycles. The average Bonchev–Trinajstić information content (AvgIpc) is 2.90. The fourth-order valence-electron chi connectivity index (χ4n) is 3.36.